The van der Waals surface area contributed by atoms with Gasteiger partial charge in [0, 0.05) is 23.5 Å². The van der Waals surface area contributed by atoms with E-state index in [1.165, 1.54) is 5.56 Å². The van der Waals surface area contributed by atoms with Gasteiger partial charge in [0.05, 0.1) is 10.0 Å². The van der Waals surface area contributed by atoms with Crippen LogP contribution < -0.4 is 4.74 Å². The van der Waals surface area contributed by atoms with Crippen molar-refractivity contribution in [3.63, 3.8) is 0 Å². The molecule has 2 aromatic carbocycles. The van der Waals surface area contributed by atoms with Crippen LogP contribution in [0.4, 0.5) is 0 Å². The van der Waals surface area contributed by atoms with Gasteiger partial charge in [0.15, 0.2) is 0 Å². The van der Waals surface area contributed by atoms with Crippen LogP contribution in [-0.2, 0) is 6.61 Å². The summed E-state index contributed by atoms with van der Waals surface area (Å²) in [5.74, 6) is 0.889. The normalized spacial score (nSPS) is 10.7. The lowest BCUT2D eigenvalue weighted by Gasteiger charge is -2.11. The van der Waals surface area contributed by atoms with E-state index in [4.69, 9.17) is 27.9 Å². The van der Waals surface area contributed by atoms with Crippen LogP contribution in [0.1, 0.15) is 16.7 Å². The maximum absolute atomic E-state index is 6.10. The summed E-state index contributed by atoms with van der Waals surface area (Å²) >= 11 is 12.1. The molecular formula is C20H17Cl2NO. The number of pyridine rings is 1. The third-order valence-electron chi connectivity index (χ3n) is 3.77. The number of halogens is 2. The highest BCUT2D eigenvalue weighted by molar-refractivity contribution is 6.42. The molecule has 0 aliphatic carbocycles. The Bertz CT molecular complexity index is 877. The quantitative estimate of drug-likeness (QED) is 0.550. The third kappa shape index (κ3) is 3.89. The minimum absolute atomic E-state index is 0.464. The molecule has 0 aliphatic rings. The Morgan fingerprint density at radius 2 is 1.71 bits per heavy atom. The number of ether oxygens (including phenoxy) is 1. The molecule has 2 nitrogen and oxygen atoms in total. The largest absolute Gasteiger partial charge is 0.489 e. The predicted octanol–water partition coefficient (Wildman–Crippen LogP) is 6.25. The molecule has 0 aliphatic heterocycles. The molecule has 0 N–H and O–H groups in total. The standard InChI is InChI=1S/C20H17Cl2NO/c1-13-3-6-20(14(2)7-13)24-12-15-8-17(11-23-10-15)16-4-5-18(21)19(22)9-16/h3-11H,12H2,1-2H3. The molecule has 24 heavy (non-hydrogen) atoms. The van der Waals surface area contributed by atoms with Crippen molar-refractivity contribution in [1.82, 2.24) is 4.98 Å². The lowest BCUT2D eigenvalue weighted by Crippen LogP contribution is -1.98. The van der Waals surface area contributed by atoms with E-state index in [-0.39, 0.29) is 0 Å². The molecule has 0 unspecified atom stereocenters. The van der Waals surface area contributed by atoms with Crippen LogP contribution in [0.25, 0.3) is 11.1 Å². The second-order valence-electron chi connectivity index (χ2n) is 5.77. The molecule has 3 rings (SSSR count). The Morgan fingerprint density at radius 3 is 2.46 bits per heavy atom. The van der Waals surface area contributed by atoms with Crippen LogP contribution in [0.3, 0.4) is 0 Å². The van der Waals surface area contributed by atoms with E-state index in [9.17, 15) is 0 Å². The maximum Gasteiger partial charge on any atom is 0.122 e. The molecular weight excluding hydrogens is 341 g/mol. The highest BCUT2D eigenvalue weighted by Gasteiger charge is 2.05. The lowest BCUT2D eigenvalue weighted by molar-refractivity contribution is 0.303. The van der Waals surface area contributed by atoms with Gasteiger partial charge in [-0.05, 0) is 49.2 Å². The SMILES string of the molecule is Cc1ccc(OCc2cncc(-c3ccc(Cl)c(Cl)c3)c2)c(C)c1. The van der Waals surface area contributed by atoms with E-state index in [0.29, 0.717) is 16.7 Å². The first-order chi connectivity index (χ1) is 11.5. The molecule has 0 fully saturated rings. The Hall–Kier alpha value is -2.03. The van der Waals surface area contributed by atoms with E-state index in [2.05, 4.69) is 24.0 Å². The second-order valence-corrected chi connectivity index (χ2v) is 6.58. The minimum atomic E-state index is 0.464. The molecule has 1 heterocycles. The van der Waals surface area contributed by atoms with Gasteiger partial charge in [-0.1, -0.05) is 47.0 Å². The van der Waals surface area contributed by atoms with Crippen LogP contribution >= 0.6 is 23.2 Å². The predicted molar refractivity (Wildman–Crippen MR) is 99.9 cm³/mol. The fourth-order valence-electron chi connectivity index (χ4n) is 2.52. The first-order valence-electron chi connectivity index (χ1n) is 7.62. The Balaban J connectivity index is 1.79. The van der Waals surface area contributed by atoms with Crippen molar-refractivity contribution in [2.24, 2.45) is 0 Å². The summed E-state index contributed by atoms with van der Waals surface area (Å²) in [5, 5.41) is 1.08. The Kier molecular flexibility index (Phi) is 5.08. The molecule has 0 atom stereocenters. The van der Waals surface area contributed by atoms with Crippen molar-refractivity contribution in [2.45, 2.75) is 20.5 Å². The third-order valence-corrected chi connectivity index (χ3v) is 4.51. The number of aryl methyl sites for hydroxylation is 2. The van der Waals surface area contributed by atoms with E-state index >= 15 is 0 Å². The average Bonchev–Trinajstić information content (AvgIpc) is 2.57. The minimum Gasteiger partial charge on any atom is -0.489 e. The summed E-state index contributed by atoms with van der Waals surface area (Å²) in [6.45, 7) is 4.58. The number of aromatic nitrogens is 1. The highest BCUT2D eigenvalue weighted by Crippen LogP contribution is 2.28. The maximum atomic E-state index is 6.10. The molecule has 0 amide bonds. The number of hydrogen-bond donors (Lipinski definition) is 0. The van der Waals surface area contributed by atoms with Gasteiger partial charge in [-0.25, -0.2) is 0 Å². The molecule has 0 radical (unpaired) electrons. The van der Waals surface area contributed by atoms with E-state index in [0.717, 1.165) is 28.0 Å². The fraction of sp³-hybridized carbons (Fsp3) is 0.150. The first-order valence-corrected chi connectivity index (χ1v) is 8.38. The topological polar surface area (TPSA) is 22.1 Å². The van der Waals surface area contributed by atoms with Crippen LogP contribution in [-0.4, -0.2) is 4.98 Å². The number of nitrogens with zero attached hydrogens (tertiary/aromatic N) is 1. The highest BCUT2D eigenvalue weighted by atomic mass is 35.5. The molecule has 3 aromatic rings. The summed E-state index contributed by atoms with van der Waals surface area (Å²) < 4.78 is 5.92. The fourth-order valence-corrected chi connectivity index (χ4v) is 2.82. The van der Waals surface area contributed by atoms with Crippen molar-refractivity contribution in [2.75, 3.05) is 0 Å². The molecule has 0 spiro atoms. The van der Waals surface area contributed by atoms with E-state index in [1.807, 2.05) is 37.4 Å². The summed E-state index contributed by atoms with van der Waals surface area (Å²) in [5.41, 5.74) is 5.31. The van der Waals surface area contributed by atoms with Gasteiger partial charge in [-0.2, -0.15) is 0 Å². The van der Waals surface area contributed by atoms with Crippen molar-refractivity contribution in [1.29, 1.82) is 0 Å². The van der Waals surface area contributed by atoms with Gasteiger partial charge < -0.3 is 4.74 Å². The summed E-state index contributed by atoms with van der Waals surface area (Å²) in [6, 6.07) is 13.8. The van der Waals surface area contributed by atoms with E-state index < -0.39 is 0 Å². The molecule has 4 heteroatoms. The summed E-state index contributed by atoms with van der Waals surface area (Å²) in [6.07, 6.45) is 3.62. The summed E-state index contributed by atoms with van der Waals surface area (Å²) in [7, 11) is 0. The van der Waals surface area contributed by atoms with E-state index in [1.54, 1.807) is 12.3 Å². The zero-order valence-electron chi connectivity index (χ0n) is 13.5. The van der Waals surface area contributed by atoms with Crippen LogP contribution in [0, 0.1) is 13.8 Å². The van der Waals surface area contributed by atoms with Crippen molar-refractivity contribution in [3.05, 3.63) is 81.6 Å². The van der Waals surface area contributed by atoms with Gasteiger partial charge >= 0.3 is 0 Å². The average molecular weight is 358 g/mol. The molecule has 0 saturated heterocycles. The molecule has 122 valence electrons. The monoisotopic (exact) mass is 357 g/mol. The summed E-state index contributed by atoms with van der Waals surface area (Å²) in [4.78, 5) is 4.31. The zero-order chi connectivity index (χ0) is 17.1. The molecule has 0 saturated carbocycles. The van der Waals surface area contributed by atoms with Crippen molar-refractivity contribution < 1.29 is 4.74 Å². The van der Waals surface area contributed by atoms with Gasteiger partial charge in [-0.15, -0.1) is 0 Å². The number of benzene rings is 2. The smallest absolute Gasteiger partial charge is 0.122 e. The Morgan fingerprint density at radius 1 is 0.875 bits per heavy atom. The van der Waals surface area contributed by atoms with Crippen molar-refractivity contribution >= 4 is 23.2 Å². The molecule has 1 aromatic heterocycles. The van der Waals surface area contributed by atoms with Crippen molar-refractivity contribution in [3.8, 4) is 16.9 Å². The van der Waals surface area contributed by atoms with Crippen LogP contribution in [0.15, 0.2) is 54.9 Å². The van der Waals surface area contributed by atoms with Crippen LogP contribution in [0.5, 0.6) is 5.75 Å². The van der Waals surface area contributed by atoms with Gasteiger partial charge in [0.1, 0.15) is 12.4 Å². The number of rotatable bonds is 4. The number of hydrogen-bond acceptors (Lipinski definition) is 2. The van der Waals surface area contributed by atoms with Gasteiger partial charge in [0.2, 0.25) is 0 Å². The Labute approximate surface area is 152 Å². The van der Waals surface area contributed by atoms with Crippen LogP contribution in [0.2, 0.25) is 10.0 Å². The van der Waals surface area contributed by atoms with Gasteiger partial charge in [0.25, 0.3) is 0 Å². The zero-order valence-corrected chi connectivity index (χ0v) is 15.0. The first kappa shape index (κ1) is 16.8. The van der Waals surface area contributed by atoms with Gasteiger partial charge in [-0.3, -0.25) is 4.98 Å². The second kappa shape index (κ2) is 7.25. The lowest BCUT2D eigenvalue weighted by atomic mass is 10.1. The molecule has 0 bridgehead atoms.